The quantitative estimate of drug-likeness (QED) is 0.828. The van der Waals surface area contributed by atoms with Gasteiger partial charge in [0.2, 0.25) is 0 Å². The molecule has 112 valence electrons. The molecule has 0 aromatic carbocycles. The average Bonchev–Trinajstić information content (AvgIpc) is 2.98. The van der Waals surface area contributed by atoms with Gasteiger partial charge in [-0.25, -0.2) is 4.98 Å². The number of nitrogens with zero attached hydrogens (tertiary/aromatic N) is 3. The van der Waals surface area contributed by atoms with Crippen LogP contribution in [0.15, 0.2) is 18.3 Å². The number of likely N-dealkylation sites (N-methyl/N-ethyl adjacent to an activating group) is 1. The Bertz CT molecular complexity index is 384. The maximum atomic E-state index is 4.59. The molecule has 1 saturated heterocycles. The van der Waals surface area contributed by atoms with Crippen LogP contribution < -0.4 is 10.2 Å². The number of hydrogen-bond donors (Lipinski definition) is 1. The maximum absolute atomic E-state index is 4.59. The van der Waals surface area contributed by atoms with E-state index in [-0.39, 0.29) is 0 Å². The predicted molar refractivity (Wildman–Crippen MR) is 85.3 cm³/mol. The molecule has 0 spiro atoms. The first kappa shape index (κ1) is 15.3. The van der Waals surface area contributed by atoms with Crippen molar-refractivity contribution in [3.05, 3.63) is 23.9 Å². The maximum Gasteiger partial charge on any atom is 0.128 e. The van der Waals surface area contributed by atoms with Gasteiger partial charge in [0, 0.05) is 32.4 Å². The fraction of sp³-hybridized carbons (Fsp3) is 0.688. The third-order valence-electron chi connectivity index (χ3n) is 4.12. The molecule has 0 aliphatic carbocycles. The van der Waals surface area contributed by atoms with E-state index in [1.54, 1.807) is 0 Å². The SMILES string of the molecule is CCNC(C)c1ccc(N(C)CCN2CCCC2)nc1. The highest BCUT2D eigenvalue weighted by Crippen LogP contribution is 2.15. The fourth-order valence-corrected chi connectivity index (χ4v) is 2.72. The molecule has 1 fully saturated rings. The number of rotatable bonds is 7. The zero-order chi connectivity index (χ0) is 14.4. The number of hydrogen-bond acceptors (Lipinski definition) is 4. The van der Waals surface area contributed by atoms with Gasteiger partial charge >= 0.3 is 0 Å². The Labute approximate surface area is 123 Å². The lowest BCUT2D eigenvalue weighted by Gasteiger charge is -2.22. The van der Waals surface area contributed by atoms with Crippen molar-refractivity contribution in [2.24, 2.45) is 0 Å². The fourth-order valence-electron chi connectivity index (χ4n) is 2.72. The molecule has 20 heavy (non-hydrogen) atoms. The largest absolute Gasteiger partial charge is 0.358 e. The predicted octanol–water partition coefficient (Wildman–Crippen LogP) is 2.28. The van der Waals surface area contributed by atoms with Crippen molar-refractivity contribution in [3.8, 4) is 0 Å². The summed E-state index contributed by atoms with van der Waals surface area (Å²) in [6.45, 7) is 10.0. The third-order valence-corrected chi connectivity index (χ3v) is 4.12. The zero-order valence-electron chi connectivity index (χ0n) is 13.1. The van der Waals surface area contributed by atoms with Crippen LogP contribution in [0.2, 0.25) is 0 Å². The Morgan fingerprint density at radius 2 is 2.10 bits per heavy atom. The first-order valence-corrected chi connectivity index (χ1v) is 7.83. The summed E-state index contributed by atoms with van der Waals surface area (Å²) in [4.78, 5) is 9.38. The summed E-state index contributed by atoms with van der Waals surface area (Å²) >= 11 is 0. The second kappa shape index (κ2) is 7.60. The number of likely N-dealkylation sites (tertiary alicyclic amines) is 1. The summed E-state index contributed by atoms with van der Waals surface area (Å²) in [6, 6.07) is 4.69. The Kier molecular flexibility index (Phi) is 5.80. The Morgan fingerprint density at radius 1 is 1.35 bits per heavy atom. The molecule has 1 aromatic rings. The van der Waals surface area contributed by atoms with Crippen LogP contribution in [0.25, 0.3) is 0 Å². The normalized spacial score (nSPS) is 17.4. The van der Waals surface area contributed by atoms with Gasteiger partial charge in [-0.2, -0.15) is 0 Å². The minimum absolute atomic E-state index is 0.372. The zero-order valence-corrected chi connectivity index (χ0v) is 13.1. The number of pyridine rings is 1. The molecule has 0 bridgehead atoms. The molecule has 1 aliphatic heterocycles. The van der Waals surface area contributed by atoms with Gasteiger partial charge in [-0.3, -0.25) is 0 Å². The molecule has 1 aliphatic rings. The van der Waals surface area contributed by atoms with Gasteiger partial charge in [0.05, 0.1) is 0 Å². The molecule has 4 heteroatoms. The average molecular weight is 276 g/mol. The molecule has 1 atom stereocenters. The molecule has 1 unspecified atom stereocenters. The van der Waals surface area contributed by atoms with Crippen molar-refractivity contribution in [1.29, 1.82) is 0 Å². The van der Waals surface area contributed by atoms with Crippen LogP contribution in [0.5, 0.6) is 0 Å². The summed E-state index contributed by atoms with van der Waals surface area (Å²) in [6.07, 6.45) is 4.72. The van der Waals surface area contributed by atoms with Crippen molar-refractivity contribution < 1.29 is 0 Å². The molecule has 2 rings (SSSR count). The van der Waals surface area contributed by atoms with E-state index in [0.717, 1.165) is 25.5 Å². The van der Waals surface area contributed by atoms with E-state index in [0.29, 0.717) is 6.04 Å². The Morgan fingerprint density at radius 3 is 2.70 bits per heavy atom. The number of nitrogens with one attached hydrogen (secondary N) is 1. The molecule has 0 radical (unpaired) electrons. The molecular weight excluding hydrogens is 248 g/mol. The van der Waals surface area contributed by atoms with Crippen molar-refractivity contribution in [1.82, 2.24) is 15.2 Å². The van der Waals surface area contributed by atoms with E-state index < -0.39 is 0 Å². The van der Waals surface area contributed by atoms with Gasteiger partial charge in [0.15, 0.2) is 0 Å². The third kappa shape index (κ3) is 4.18. The van der Waals surface area contributed by atoms with Crippen molar-refractivity contribution >= 4 is 5.82 Å². The van der Waals surface area contributed by atoms with Crippen molar-refractivity contribution in [2.45, 2.75) is 32.7 Å². The van der Waals surface area contributed by atoms with Gasteiger partial charge in [-0.15, -0.1) is 0 Å². The first-order chi connectivity index (χ1) is 9.70. The molecule has 1 N–H and O–H groups in total. The molecule has 1 aromatic heterocycles. The summed E-state index contributed by atoms with van der Waals surface area (Å²) < 4.78 is 0. The Hall–Kier alpha value is -1.13. The van der Waals surface area contributed by atoms with Gasteiger partial charge in [0.1, 0.15) is 5.82 Å². The van der Waals surface area contributed by atoms with Crippen LogP contribution in [0.3, 0.4) is 0 Å². The van der Waals surface area contributed by atoms with Crippen LogP contribution in [0, 0.1) is 0 Å². The second-order valence-electron chi connectivity index (χ2n) is 5.70. The van der Waals surface area contributed by atoms with Crippen LogP contribution in [0.1, 0.15) is 38.3 Å². The van der Waals surface area contributed by atoms with Gasteiger partial charge in [-0.1, -0.05) is 13.0 Å². The number of anilines is 1. The highest BCUT2D eigenvalue weighted by Gasteiger charge is 2.12. The topological polar surface area (TPSA) is 31.4 Å². The minimum Gasteiger partial charge on any atom is -0.358 e. The van der Waals surface area contributed by atoms with Crippen LogP contribution >= 0.6 is 0 Å². The summed E-state index contributed by atoms with van der Waals surface area (Å²) in [5.41, 5.74) is 1.25. The summed E-state index contributed by atoms with van der Waals surface area (Å²) in [7, 11) is 2.13. The highest BCUT2D eigenvalue weighted by atomic mass is 15.2. The minimum atomic E-state index is 0.372. The molecule has 0 amide bonds. The van der Waals surface area contributed by atoms with Gasteiger partial charge < -0.3 is 15.1 Å². The van der Waals surface area contributed by atoms with E-state index in [1.807, 2.05) is 6.20 Å². The molecule has 2 heterocycles. The van der Waals surface area contributed by atoms with Crippen molar-refractivity contribution in [2.75, 3.05) is 44.7 Å². The lowest BCUT2D eigenvalue weighted by atomic mass is 10.1. The lowest BCUT2D eigenvalue weighted by molar-refractivity contribution is 0.346. The smallest absolute Gasteiger partial charge is 0.128 e. The highest BCUT2D eigenvalue weighted by molar-refractivity contribution is 5.38. The second-order valence-corrected chi connectivity index (χ2v) is 5.70. The van der Waals surface area contributed by atoms with Crippen molar-refractivity contribution in [3.63, 3.8) is 0 Å². The lowest BCUT2D eigenvalue weighted by Crippen LogP contribution is -2.31. The molecular formula is C16H28N4. The van der Waals surface area contributed by atoms with E-state index in [2.05, 4.69) is 53.1 Å². The standard InChI is InChI=1S/C16H28N4/c1-4-17-14(2)15-7-8-16(18-13-15)19(3)11-12-20-9-5-6-10-20/h7-8,13-14,17H,4-6,9-12H2,1-3H3. The molecule has 4 nitrogen and oxygen atoms in total. The van der Waals surface area contributed by atoms with Gasteiger partial charge in [-0.05, 0) is 51.0 Å². The van der Waals surface area contributed by atoms with Crippen LogP contribution in [-0.4, -0.2) is 49.7 Å². The summed E-state index contributed by atoms with van der Waals surface area (Å²) in [5.74, 6) is 1.07. The van der Waals surface area contributed by atoms with E-state index in [4.69, 9.17) is 0 Å². The van der Waals surface area contributed by atoms with E-state index in [9.17, 15) is 0 Å². The van der Waals surface area contributed by atoms with E-state index in [1.165, 1.54) is 31.5 Å². The van der Waals surface area contributed by atoms with Crippen LogP contribution in [0.4, 0.5) is 5.82 Å². The van der Waals surface area contributed by atoms with Crippen LogP contribution in [-0.2, 0) is 0 Å². The first-order valence-electron chi connectivity index (χ1n) is 7.83. The monoisotopic (exact) mass is 276 g/mol. The number of aromatic nitrogens is 1. The van der Waals surface area contributed by atoms with Gasteiger partial charge in [0.25, 0.3) is 0 Å². The molecule has 0 saturated carbocycles. The van der Waals surface area contributed by atoms with E-state index >= 15 is 0 Å². The Balaban J connectivity index is 1.84. The summed E-state index contributed by atoms with van der Waals surface area (Å²) in [5, 5.41) is 3.41.